The molecule has 3 rings (SSSR count). The van der Waals surface area contributed by atoms with Crippen LogP contribution in [-0.4, -0.2) is 30.2 Å². The van der Waals surface area contributed by atoms with Gasteiger partial charge in [-0.1, -0.05) is 12.1 Å². The van der Waals surface area contributed by atoms with E-state index in [4.69, 9.17) is 9.72 Å². The van der Waals surface area contributed by atoms with Crippen LogP contribution in [0, 0.1) is 0 Å². The van der Waals surface area contributed by atoms with Crippen molar-refractivity contribution in [3.8, 4) is 27.6 Å². The molecule has 0 atom stereocenters. The minimum absolute atomic E-state index is 0.841. The zero-order valence-corrected chi connectivity index (χ0v) is 15.0. The van der Waals surface area contributed by atoms with E-state index in [0.717, 1.165) is 46.5 Å². The minimum Gasteiger partial charge on any atom is -0.496 e. The Morgan fingerprint density at radius 2 is 1.92 bits per heavy atom. The van der Waals surface area contributed by atoms with E-state index in [1.807, 2.05) is 36.5 Å². The molecule has 0 saturated carbocycles. The number of aromatic nitrogens is 2. The van der Waals surface area contributed by atoms with Gasteiger partial charge in [-0.05, 0) is 38.1 Å². The van der Waals surface area contributed by atoms with Crippen molar-refractivity contribution in [3.05, 3.63) is 48.0 Å². The molecule has 0 N–H and O–H groups in total. The third kappa shape index (κ3) is 3.26. The number of para-hydroxylation sites is 1. The second kappa shape index (κ2) is 7.45. The molecule has 0 unspecified atom stereocenters. The van der Waals surface area contributed by atoms with Crippen molar-refractivity contribution in [2.24, 2.45) is 0 Å². The summed E-state index contributed by atoms with van der Waals surface area (Å²) in [4.78, 5) is 11.5. The molecule has 3 aromatic rings. The smallest absolute Gasteiger partial charge is 0.129 e. The zero-order valence-electron chi connectivity index (χ0n) is 14.2. The molecule has 24 heavy (non-hydrogen) atoms. The van der Waals surface area contributed by atoms with Gasteiger partial charge in [0.05, 0.1) is 12.8 Å². The molecule has 0 aliphatic carbocycles. The van der Waals surface area contributed by atoms with Gasteiger partial charge in [-0.25, -0.2) is 9.97 Å². The molecule has 0 aliphatic heterocycles. The Morgan fingerprint density at radius 1 is 1.12 bits per heavy atom. The van der Waals surface area contributed by atoms with Crippen molar-refractivity contribution < 1.29 is 4.74 Å². The van der Waals surface area contributed by atoms with Gasteiger partial charge in [0.15, 0.2) is 0 Å². The molecule has 0 amide bonds. The SMILES string of the molecule is CCN(CC)c1cc(-c2nc(-c3ccccc3OC)cs2)ccn1. The maximum atomic E-state index is 5.44. The highest BCUT2D eigenvalue weighted by molar-refractivity contribution is 7.13. The van der Waals surface area contributed by atoms with Crippen LogP contribution in [0.4, 0.5) is 5.82 Å². The maximum Gasteiger partial charge on any atom is 0.129 e. The summed E-state index contributed by atoms with van der Waals surface area (Å²) in [5.74, 6) is 1.83. The Kier molecular flexibility index (Phi) is 5.11. The maximum absolute atomic E-state index is 5.44. The van der Waals surface area contributed by atoms with Gasteiger partial charge in [0.1, 0.15) is 16.6 Å². The van der Waals surface area contributed by atoms with Crippen LogP contribution in [0.15, 0.2) is 48.0 Å². The quantitative estimate of drug-likeness (QED) is 0.651. The second-order valence-corrected chi connectivity index (χ2v) is 6.17. The Balaban J connectivity index is 1.95. The average Bonchev–Trinajstić information content (AvgIpc) is 3.13. The average molecular weight is 339 g/mol. The van der Waals surface area contributed by atoms with Crippen LogP contribution in [-0.2, 0) is 0 Å². The van der Waals surface area contributed by atoms with Gasteiger partial charge in [0.25, 0.3) is 0 Å². The number of thiazole rings is 1. The summed E-state index contributed by atoms with van der Waals surface area (Å²) < 4.78 is 5.44. The highest BCUT2D eigenvalue weighted by atomic mass is 32.1. The first-order chi connectivity index (χ1) is 11.8. The molecule has 1 aromatic carbocycles. The fourth-order valence-corrected chi connectivity index (χ4v) is 3.48. The fourth-order valence-electron chi connectivity index (χ4n) is 2.66. The minimum atomic E-state index is 0.841. The van der Waals surface area contributed by atoms with Gasteiger partial charge in [-0.15, -0.1) is 11.3 Å². The third-order valence-corrected chi connectivity index (χ3v) is 4.86. The number of benzene rings is 1. The lowest BCUT2D eigenvalue weighted by Crippen LogP contribution is -2.22. The first-order valence-electron chi connectivity index (χ1n) is 8.07. The third-order valence-electron chi connectivity index (χ3n) is 3.97. The molecule has 2 aromatic heterocycles. The normalized spacial score (nSPS) is 10.6. The Morgan fingerprint density at radius 3 is 2.67 bits per heavy atom. The molecule has 0 saturated heterocycles. The molecule has 4 nitrogen and oxygen atoms in total. The first-order valence-corrected chi connectivity index (χ1v) is 8.95. The van der Waals surface area contributed by atoms with Gasteiger partial charge in [-0.3, -0.25) is 0 Å². The molecule has 0 fully saturated rings. The van der Waals surface area contributed by atoms with E-state index in [1.54, 1.807) is 18.4 Å². The van der Waals surface area contributed by atoms with E-state index in [0.29, 0.717) is 0 Å². The summed E-state index contributed by atoms with van der Waals surface area (Å²) >= 11 is 1.64. The summed E-state index contributed by atoms with van der Waals surface area (Å²) in [6, 6.07) is 12.1. The van der Waals surface area contributed by atoms with E-state index < -0.39 is 0 Å². The molecule has 124 valence electrons. The molecule has 5 heteroatoms. The number of methoxy groups -OCH3 is 1. The van der Waals surface area contributed by atoms with Crippen molar-refractivity contribution in [2.45, 2.75) is 13.8 Å². The number of nitrogens with zero attached hydrogens (tertiary/aromatic N) is 3. The summed E-state index contributed by atoms with van der Waals surface area (Å²) in [7, 11) is 1.69. The Labute approximate surface area is 146 Å². The zero-order chi connectivity index (χ0) is 16.9. The lowest BCUT2D eigenvalue weighted by Gasteiger charge is -2.19. The number of anilines is 1. The lowest BCUT2D eigenvalue weighted by atomic mass is 10.1. The molecule has 0 bridgehead atoms. The van der Waals surface area contributed by atoms with Gasteiger partial charge in [0, 0.05) is 35.8 Å². The summed E-state index contributed by atoms with van der Waals surface area (Å²) in [6.07, 6.45) is 1.85. The van der Waals surface area contributed by atoms with Crippen LogP contribution in [0.1, 0.15) is 13.8 Å². The molecule has 2 heterocycles. The number of hydrogen-bond donors (Lipinski definition) is 0. The van der Waals surface area contributed by atoms with Gasteiger partial charge >= 0.3 is 0 Å². The number of ether oxygens (including phenoxy) is 1. The molecule has 0 spiro atoms. The summed E-state index contributed by atoms with van der Waals surface area (Å²) in [5.41, 5.74) is 3.05. The summed E-state index contributed by atoms with van der Waals surface area (Å²) in [6.45, 7) is 6.16. The fraction of sp³-hybridized carbons (Fsp3) is 0.263. The van der Waals surface area contributed by atoms with E-state index in [1.165, 1.54) is 0 Å². The van der Waals surface area contributed by atoms with E-state index in [9.17, 15) is 0 Å². The van der Waals surface area contributed by atoms with E-state index in [2.05, 4.69) is 35.2 Å². The van der Waals surface area contributed by atoms with Gasteiger partial charge in [-0.2, -0.15) is 0 Å². The van der Waals surface area contributed by atoms with Crippen LogP contribution in [0.5, 0.6) is 5.75 Å². The monoisotopic (exact) mass is 339 g/mol. The van der Waals surface area contributed by atoms with Crippen molar-refractivity contribution in [3.63, 3.8) is 0 Å². The Hall–Kier alpha value is -2.40. The number of pyridine rings is 1. The second-order valence-electron chi connectivity index (χ2n) is 5.31. The largest absolute Gasteiger partial charge is 0.496 e. The number of hydrogen-bond acceptors (Lipinski definition) is 5. The number of rotatable bonds is 6. The lowest BCUT2D eigenvalue weighted by molar-refractivity contribution is 0.416. The van der Waals surface area contributed by atoms with Crippen molar-refractivity contribution >= 4 is 17.2 Å². The highest BCUT2D eigenvalue weighted by Crippen LogP contribution is 2.34. The molecular formula is C19H21N3OS. The van der Waals surface area contributed by atoms with Crippen LogP contribution >= 0.6 is 11.3 Å². The first kappa shape index (κ1) is 16.5. The van der Waals surface area contributed by atoms with Crippen molar-refractivity contribution in [2.75, 3.05) is 25.1 Å². The Bertz CT molecular complexity index is 812. The molecular weight excluding hydrogens is 318 g/mol. The highest BCUT2D eigenvalue weighted by Gasteiger charge is 2.12. The topological polar surface area (TPSA) is 38.2 Å². The predicted molar refractivity (Wildman–Crippen MR) is 101 cm³/mol. The van der Waals surface area contributed by atoms with Crippen LogP contribution < -0.4 is 9.64 Å². The van der Waals surface area contributed by atoms with E-state index >= 15 is 0 Å². The van der Waals surface area contributed by atoms with Crippen LogP contribution in [0.25, 0.3) is 21.8 Å². The van der Waals surface area contributed by atoms with E-state index in [-0.39, 0.29) is 0 Å². The van der Waals surface area contributed by atoms with Crippen molar-refractivity contribution in [1.29, 1.82) is 0 Å². The van der Waals surface area contributed by atoms with Gasteiger partial charge in [0.2, 0.25) is 0 Å². The standard InChI is InChI=1S/C19H21N3OS/c1-4-22(5-2)18-12-14(10-11-20-18)19-21-16(13-24-19)15-8-6-7-9-17(15)23-3/h6-13H,4-5H2,1-3H3. The predicted octanol–water partition coefficient (Wildman–Crippen LogP) is 4.73. The van der Waals surface area contributed by atoms with Crippen molar-refractivity contribution in [1.82, 2.24) is 9.97 Å². The van der Waals surface area contributed by atoms with Gasteiger partial charge < -0.3 is 9.64 Å². The summed E-state index contributed by atoms with van der Waals surface area (Å²) in [5, 5.41) is 3.07. The molecule has 0 aliphatic rings. The van der Waals surface area contributed by atoms with Crippen LogP contribution in [0.3, 0.4) is 0 Å². The van der Waals surface area contributed by atoms with Crippen LogP contribution in [0.2, 0.25) is 0 Å². The molecule has 0 radical (unpaired) electrons.